The lowest BCUT2D eigenvalue weighted by atomic mass is 9.74. The summed E-state index contributed by atoms with van der Waals surface area (Å²) in [6, 6.07) is 6.34. The van der Waals surface area contributed by atoms with Crippen LogP contribution in [0.4, 0.5) is 0 Å². The van der Waals surface area contributed by atoms with Crippen molar-refractivity contribution >= 4 is 0 Å². The summed E-state index contributed by atoms with van der Waals surface area (Å²) in [6.07, 6.45) is 5.88. The lowest BCUT2D eigenvalue weighted by molar-refractivity contribution is -0.0820. The molecule has 0 saturated carbocycles. The molecule has 5 nitrogen and oxygen atoms in total. The Hall–Kier alpha value is -1.69. The van der Waals surface area contributed by atoms with E-state index in [1.165, 1.54) is 16.7 Å². The molecule has 1 aliphatic heterocycles. The molecule has 142 valence electrons. The van der Waals surface area contributed by atoms with Crippen molar-refractivity contribution in [2.45, 2.75) is 52.7 Å². The fourth-order valence-corrected chi connectivity index (χ4v) is 4.37. The van der Waals surface area contributed by atoms with Gasteiger partial charge in [0.1, 0.15) is 0 Å². The number of benzene rings is 1. The fourth-order valence-electron chi connectivity index (χ4n) is 4.37. The van der Waals surface area contributed by atoms with Crippen molar-refractivity contribution in [1.29, 1.82) is 0 Å². The summed E-state index contributed by atoms with van der Waals surface area (Å²) in [7, 11) is 0. The number of piperidine rings is 1. The largest absolute Gasteiger partial charge is 0.396 e. The first-order chi connectivity index (χ1) is 12.5. The Morgan fingerprint density at radius 2 is 2.12 bits per heavy atom. The Bertz CT molecular complexity index is 729. The van der Waals surface area contributed by atoms with Gasteiger partial charge in [-0.2, -0.15) is 5.10 Å². The smallest absolute Gasteiger partial charge is 0.0695 e. The number of rotatable bonds is 6. The minimum atomic E-state index is -0.423. The number of hydrogen-bond acceptors (Lipinski definition) is 4. The summed E-state index contributed by atoms with van der Waals surface area (Å²) in [4.78, 5) is 2.38. The highest BCUT2D eigenvalue weighted by atomic mass is 16.3. The van der Waals surface area contributed by atoms with E-state index in [-0.39, 0.29) is 6.61 Å². The SMILES string of the molecule is CCC[C@@]1(CO)CN(Cc2c(C)cc(C)cc2-n2cccn2)CC[C@@H]1O. The van der Waals surface area contributed by atoms with Crippen LogP contribution >= 0.6 is 0 Å². The Balaban J connectivity index is 1.89. The summed E-state index contributed by atoms with van der Waals surface area (Å²) in [5.41, 5.74) is 4.45. The van der Waals surface area contributed by atoms with Crippen LogP contribution in [0.5, 0.6) is 0 Å². The predicted octanol–water partition coefficient (Wildman–Crippen LogP) is 2.83. The highest BCUT2D eigenvalue weighted by Gasteiger charge is 2.41. The minimum Gasteiger partial charge on any atom is -0.396 e. The molecule has 2 N–H and O–H groups in total. The summed E-state index contributed by atoms with van der Waals surface area (Å²) >= 11 is 0. The van der Waals surface area contributed by atoms with Crippen molar-refractivity contribution in [1.82, 2.24) is 14.7 Å². The van der Waals surface area contributed by atoms with Gasteiger partial charge in [-0.15, -0.1) is 0 Å². The normalized spacial score (nSPS) is 24.1. The maximum atomic E-state index is 10.5. The topological polar surface area (TPSA) is 61.5 Å². The zero-order valence-corrected chi connectivity index (χ0v) is 16.1. The van der Waals surface area contributed by atoms with Crippen LogP contribution < -0.4 is 0 Å². The van der Waals surface area contributed by atoms with E-state index < -0.39 is 11.5 Å². The number of aromatic nitrogens is 2. The van der Waals surface area contributed by atoms with Crippen molar-refractivity contribution in [3.63, 3.8) is 0 Å². The fraction of sp³-hybridized carbons (Fsp3) is 0.571. The summed E-state index contributed by atoms with van der Waals surface area (Å²) in [5.74, 6) is 0. The molecule has 0 spiro atoms. The first-order valence-corrected chi connectivity index (χ1v) is 9.60. The van der Waals surface area contributed by atoms with Crippen LogP contribution in [0.2, 0.25) is 0 Å². The van der Waals surface area contributed by atoms with Gasteiger partial charge in [-0.3, -0.25) is 4.90 Å². The van der Waals surface area contributed by atoms with Gasteiger partial charge in [0, 0.05) is 37.4 Å². The zero-order chi connectivity index (χ0) is 18.7. The van der Waals surface area contributed by atoms with Crippen LogP contribution in [-0.4, -0.2) is 50.7 Å². The number of aliphatic hydroxyl groups excluding tert-OH is 2. The summed E-state index contributed by atoms with van der Waals surface area (Å²) in [6.45, 7) is 8.79. The molecule has 0 radical (unpaired) electrons. The molecule has 0 unspecified atom stereocenters. The first-order valence-electron chi connectivity index (χ1n) is 9.60. The van der Waals surface area contributed by atoms with E-state index in [2.05, 4.69) is 42.9 Å². The second-order valence-corrected chi connectivity index (χ2v) is 7.82. The molecule has 1 fully saturated rings. The molecule has 0 amide bonds. The second kappa shape index (κ2) is 7.91. The molecule has 1 aromatic carbocycles. The molecule has 2 atom stereocenters. The molecule has 0 bridgehead atoms. The summed E-state index contributed by atoms with van der Waals surface area (Å²) in [5, 5.41) is 25.0. The van der Waals surface area contributed by atoms with Gasteiger partial charge in [-0.1, -0.05) is 19.4 Å². The third kappa shape index (κ3) is 3.70. The molecular formula is C21H31N3O2. The van der Waals surface area contributed by atoms with Crippen LogP contribution in [0.1, 0.15) is 42.9 Å². The van der Waals surface area contributed by atoms with Crippen LogP contribution in [0, 0.1) is 19.3 Å². The molecule has 0 aliphatic carbocycles. The predicted molar refractivity (Wildman–Crippen MR) is 103 cm³/mol. The number of aryl methyl sites for hydroxylation is 2. The van der Waals surface area contributed by atoms with Crippen molar-refractivity contribution in [2.75, 3.05) is 19.7 Å². The van der Waals surface area contributed by atoms with Crippen LogP contribution in [0.15, 0.2) is 30.6 Å². The van der Waals surface area contributed by atoms with Gasteiger partial charge in [-0.25, -0.2) is 4.68 Å². The average molecular weight is 357 g/mol. The van der Waals surface area contributed by atoms with E-state index in [4.69, 9.17) is 0 Å². The molecule has 3 rings (SSSR count). The Kier molecular flexibility index (Phi) is 5.80. The lowest BCUT2D eigenvalue weighted by Gasteiger charge is -2.45. The highest BCUT2D eigenvalue weighted by Crippen LogP contribution is 2.36. The second-order valence-electron chi connectivity index (χ2n) is 7.82. The monoisotopic (exact) mass is 357 g/mol. The van der Waals surface area contributed by atoms with Gasteiger partial charge in [-0.05, 0) is 55.5 Å². The van der Waals surface area contributed by atoms with Gasteiger partial charge in [0.2, 0.25) is 0 Å². The van der Waals surface area contributed by atoms with E-state index in [0.717, 1.165) is 38.2 Å². The van der Waals surface area contributed by atoms with Gasteiger partial charge < -0.3 is 10.2 Å². The van der Waals surface area contributed by atoms with Gasteiger partial charge >= 0.3 is 0 Å². The van der Waals surface area contributed by atoms with E-state index in [1.807, 2.05) is 16.9 Å². The first kappa shape index (κ1) is 19.1. The highest BCUT2D eigenvalue weighted by molar-refractivity contribution is 5.48. The van der Waals surface area contributed by atoms with Gasteiger partial charge in [0.15, 0.2) is 0 Å². The van der Waals surface area contributed by atoms with E-state index in [9.17, 15) is 10.2 Å². The molecule has 2 aromatic rings. The van der Waals surface area contributed by atoms with E-state index in [0.29, 0.717) is 6.42 Å². The van der Waals surface area contributed by atoms with Crippen molar-refractivity contribution in [3.8, 4) is 5.69 Å². The van der Waals surface area contributed by atoms with Crippen molar-refractivity contribution < 1.29 is 10.2 Å². The average Bonchev–Trinajstić information content (AvgIpc) is 3.14. The third-order valence-corrected chi connectivity index (χ3v) is 5.75. The maximum absolute atomic E-state index is 10.5. The molecule has 1 aromatic heterocycles. The Morgan fingerprint density at radius 3 is 2.77 bits per heavy atom. The molecule has 1 saturated heterocycles. The standard InChI is InChI=1S/C21H31N3O2/c1-4-7-21(15-25)14-23(10-6-20(21)26)13-18-17(3)11-16(2)12-19(18)24-9-5-8-22-24/h5,8-9,11-12,20,25-26H,4,6-7,10,13-15H2,1-3H3/t20-,21-/m0/s1. The van der Waals surface area contributed by atoms with Gasteiger partial charge in [0.25, 0.3) is 0 Å². The zero-order valence-electron chi connectivity index (χ0n) is 16.1. The number of likely N-dealkylation sites (tertiary alicyclic amines) is 1. The maximum Gasteiger partial charge on any atom is 0.0695 e. The molecule has 26 heavy (non-hydrogen) atoms. The third-order valence-electron chi connectivity index (χ3n) is 5.75. The van der Waals surface area contributed by atoms with E-state index in [1.54, 1.807) is 6.20 Å². The van der Waals surface area contributed by atoms with Crippen LogP contribution in [0.3, 0.4) is 0 Å². The summed E-state index contributed by atoms with van der Waals surface area (Å²) < 4.78 is 1.93. The molecule has 1 aliphatic rings. The van der Waals surface area contributed by atoms with Crippen LogP contribution in [0.25, 0.3) is 5.69 Å². The van der Waals surface area contributed by atoms with E-state index >= 15 is 0 Å². The number of hydrogen-bond donors (Lipinski definition) is 2. The quantitative estimate of drug-likeness (QED) is 0.835. The lowest BCUT2D eigenvalue weighted by Crippen LogP contribution is -2.53. The Labute approximate surface area is 156 Å². The van der Waals surface area contributed by atoms with Crippen molar-refractivity contribution in [2.24, 2.45) is 5.41 Å². The minimum absolute atomic E-state index is 0.0391. The van der Waals surface area contributed by atoms with Gasteiger partial charge in [0.05, 0.1) is 18.4 Å². The molecular weight excluding hydrogens is 326 g/mol. The van der Waals surface area contributed by atoms with Crippen molar-refractivity contribution in [3.05, 3.63) is 47.3 Å². The number of nitrogens with zero attached hydrogens (tertiary/aromatic N) is 3. The Morgan fingerprint density at radius 1 is 1.31 bits per heavy atom. The number of aliphatic hydroxyl groups is 2. The molecule has 2 heterocycles. The van der Waals surface area contributed by atoms with Crippen LogP contribution in [-0.2, 0) is 6.54 Å². The molecule has 5 heteroatoms.